The van der Waals surface area contributed by atoms with Crippen molar-refractivity contribution in [1.29, 1.82) is 43.3 Å². The van der Waals surface area contributed by atoms with Crippen LogP contribution < -0.4 is 147 Å². The molecule has 5 aliphatic heterocycles. The van der Waals surface area contributed by atoms with Crippen LogP contribution in [-0.2, 0) is 76.7 Å². The summed E-state index contributed by atoms with van der Waals surface area (Å²) in [4.78, 5) is 239. The molecule has 0 aromatic rings. The van der Waals surface area contributed by atoms with Crippen molar-refractivity contribution in [3.8, 4) is 0 Å². The van der Waals surface area contributed by atoms with E-state index in [-0.39, 0.29) is 281 Å². The zero-order chi connectivity index (χ0) is 108. The van der Waals surface area contributed by atoms with Crippen LogP contribution >= 0.6 is 0 Å². The van der Waals surface area contributed by atoms with Crippen molar-refractivity contribution in [3.05, 3.63) is 0 Å². The monoisotopic (exact) mass is 2050 g/mol. The van der Waals surface area contributed by atoms with Crippen molar-refractivity contribution < 1.29 is 81.8 Å². The molecule has 5 rings (SSSR count). The molecular formula is C88H160N40O17. The summed E-state index contributed by atoms with van der Waals surface area (Å²) in [5.41, 5.74) is 50.4. The first-order chi connectivity index (χ1) is 68.7. The number of hydrogen-bond acceptors (Lipinski definition) is 25. The van der Waals surface area contributed by atoms with Crippen molar-refractivity contribution in [2.24, 2.45) is 63.4 Å². The number of aliphatic carboxylic acids is 1. The summed E-state index contributed by atoms with van der Waals surface area (Å²) in [5, 5.41) is 120. The van der Waals surface area contributed by atoms with Crippen molar-refractivity contribution in [3.63, 3.8) is 0 Å². The number of nitrogens with one attached hydrogen (secondary N) is 26. The quantitative estimate of drug-likeness (QED) is 0.0153. The van der Waals surface area contributed by atoms with Gasteiger partial charge in [-0.3, -0.25) is 115 Å². The Hall–Kier alpha value is -14.4. The molecule has 15 amide bonds. The molecule has 17 atom stereocenters. The largest absolute Gasteiger partial charge is 0.480 e. The predicted molar refractivity (Wildman–Crippen MR) is 536 cm³/mol. The highest BCUT2D eigenvalue weighted by Gasteiger charge is 2.48. The molecule has 57 heteroatoms. The molecule has 5 aliphatic rings. The minimum atomic E-state index is -1.43. The van der Waals surface area contributed by atoms with E-state index >= 15 is 19.2 Å². The molecule has 5 heterocycles. The molecule has 0 aromatic heterocycles. The zero-order valence-electron chi connectivity index (χ0n) is 83.8. The summed E-state index contributed by atoms with van der Waals surface area (Å²) in [6.45, 7) is 9.29. The van der Waals surface area contributed by atoms with Gasteiger partial charge in [-0.2, -0.15) is 0 Å². The third-order valence-corrected chi connectivity index (χ3v) is 25.6. The Labute approximate surface area is 843 Å². The van der Waals surface area contributed by atoms with Gasteiger partial charge >= 0.3 is 5.97 Å². The number of nitrogens with zero attached hydrogens (tertiary/aromatic N) is 5. The summed E-state index contributed by atoms with van der Waals surface area (Å²) >= 11 is 0. The zero-order valence-corrected chi connectivity index (χ0v) is 83.8. The van der Waals surface area contributed by atoms with Gasteiger partial charge in [0.1, 0.15) is 90.6 Å². The standard InChI is InChI=1S/C88H160N40O17/c1-6-48(4)64(123-68(132)53(23-10-36-109-84(96)97)115-65(129)50(89)20-7-33-106-81(90)91)74(138)120-56(26-13-39-112-87(102)103)78(142)125-42-16-29-60(125)70(134)116-51(21-8-34-107-82(92)93)66(130)114-49(5)75(139)124-41-15-28-59(124)69(133)117-52(22-9-35-108-83(94)95)67(131)122-58(46-47(2)3)79(143)128-45-19-31-62(128)72(136)119-54(24-11-37-110-85(98)99)76(140)126-43-17-30-61(126)71(135)118-55(25-12-38-111-86(100)101)77(141)127-44-18-32-63(127)73(137)121-57(80(144)145)27-14-40-113-88(104)105/h47-64H,6-46,89H2,1-5H3,(H,114,130)(H,115,129)(H,116,134)(H,117,133)(H,118,135)(H,119,136)(H,120,138)(H,121,137)(H,122,131)(H,123,132)(H,144,145)(H4,90,91,106)(H4,92,93,107)(H4,94,95,108)(H4,96,97,109)(H4,98,99,110)(H4,100,101,111)(H4,102,103,112)(H4,104,105,113)/t48-,49-,50-,51-,52-,53-,54-,55-,56-,57-,58-,59-,60-,61-,62-,63-,64-/m0/s1. The molecule has 0 radical (unpaired) electrons. The van der Waals surface area contributed by atoms with Gasteiger partial charge in [-0.05, 0) is 192 Å². The van der Waals surface area contributed by atoms with Gasteiger partial charge in [-0.15, -0.1) is 0 Å². The Balaban J connectivity index is 1.35. The number of guanidine groups is 8. The lowest BCUT2D eigenvalue weighted by Gasteiger charge is -2.33. The second-order valence-corrected chi connectivity index (χ2v) is 37.5. The van der Waals surface area contributed by atoms with E-state index in [1.54, 1.807) is 27.7 Å². The first-order valence-corrected chi connectivity index (χ1v) is 49.8. The van der Waals surface area contributed by atoms with Gasteiger partial charge in [0, 0.05) is 85.1 Å². The number of carbonyl (C=O) groups is 16. The van der Waals surface area contributed by atoms with Crippen molar-refractivity contribution in [2.45, 2.75) is 311 Å². The second kappa shape index (κ2) is 62.3. The van der Waals surface area contributed by atoms with Crippen molar-refractivity contribution >= 4 is 142 Å². The molecule has 0 aromatic carbocycles. The van der Waals surface area contributed by atoms with Crippen LogP contribution in [0.15, 0.2) is 0 Å². The van der Waals surface area contributed by atoms with E-state index in [4.69, 9.17) is 94.9 Å². The SMILES string of the molecule is CC[C@H](C)[C@H](NC(=O)[C@H](CCCNC(=N)N)NC(=O)[C@@H](N)CCCNC(=N)N)C(=O)N[C@@H](CCCNC(=N)N)C(=O)N1CCC[C@H]1C(=O)N[C@@H](CCCNC(=N)N)C(=O)N[C@@H](C)C(=O)N1CCC[C@H]1C(=O)N[C@@H](CCCNC(=N)N)C(=O)N[C@@H](CC(C)C)C(=O)N1CCC[C@H]1C(=O)N[C@@H](CCCNC(=N)N)C(=O)N1CCC[C@H]1C(=O)N[C@@H](CCCNC(=N)N)C(=O)N1CCC[C@H]1C(=O)N[C@@H](CCCNC(=N)N)C(=O)O. The van der Waals surface area contributed by atoms with Gasteiger partial charge in [0.15, 0.2) is 47.7 Å². The summed E-state index contributed by atoms with van der Waals surface area (Å²) in [5.74, 6) is -16.5. The van der Waals surface area contributed by atoms with Crippen LogP contribution in [0.2, 0.25) is 0 Å². The molecule has 145 heavy (non-hydrogen) atoms. The average molecular weight is 2050 g/mol. The predicted octanol–water partition coefficient (Wildman–Crippen LogP) is -9.58. The Morgan fingerprint density at radius 2 is 0.517 bits per heavy atom. The van der Waals surface area contributed by atoms with Crippen LogP contribution in [0, 0.1) is 55.1 Å². The Morgan fingerprint density at radius 3 is 0.807 bits per heavy atom. The Kier molecular flexibility index (Phi) is 52.0. The molecule has 45 N–H and O–H groups in total. The van der Waals surface area contributed by atoms with Gasteiger partial charge in [0.05, 0.1) is 6.04 Å². The van der Waals surface area contributed by atoms with Gasteiger partial charge in [-0.25, -0.2) is 4.79 Å². The fourth-order valence-electron chi connectivity index (χ4n) is 18.0. The second-order valence-electron chi connectivity index (χ2n) is 37.5. The van der Waals surface area contributed by atoms with Gasteiger partial charge in [0.2, 0.25) is 88.6 Å². The number of rotatable bonds is 62. The Morgan fingerprint density at radius 1 is 0.290 bits per heavy atom. The van der Waals surface area contributed by atoms with E-state index < -0.39 is 209 Å². The smallest absolute Gasteiger partial charge is 0.326 e. The number of carbonyl (C=O) groups excluding carboxylic acids is 15. The van der Waals surface area contributed by atoms with E-state index in [0.717, 1.165) is 0 Å². The minimum absolute atomic E-state index is 0.00107. The fourth-order valence-corrected chi connectivity index (χ4v) is 18.0. The lowest BCUT2D eigenvalue weighted by molar-refractivity contribution is -0.146. The molecule has 814 valence electrons. The third-order valence-electron chi connectivity index (χ3n) is 25.6. The lowest BCUT2D eigenvalue weighted by Crippen LogP contribution is -2.61. The number of nitrogens with two attached hydrogens (primary N) is 9. The maximum Gasteiger partial charge on any atom is 0.326 e. The van der Waals surface area contributed by atoms with Crippen molar-refractivity contribution in [1.82, 2.24) is 120 Å². The summed E-state index contributed by atoms with van der Waals surface area (Å²) in [7, 11) is 0. The number of amides is 15. The number of hydrogen-bond donors (Lipinski definition) is 36. The number of carboxylic acids is 1. The molecule has 57 nitrogen and oxygen atoms in total. The topological polar surface area (TPSA) is 951 Å². The molecule has 0 unspecified atom stereocenters. The van der Waals surface area contributed by atoms with Crippen LogP contribution in [0.25, 0.3) is 0 Å². The molecule has 0 bridgehead atoms. The first kappa shape index (κ1) is 121. The summed E-state index contributed by atoms with van der Waals surface area (Å²) in [6.07, 6.45) is 3.29. The molecule has 0 saturated carbocycles. The summed E-state index contributed by atoms with van der Waals surface area (Å²) in [6, 6.07) is -20.8. The average Bonchev–Trinajstić information content (AvgIpc) is 1.70. The van der Waals surface area contributed by atoms with E-state index in [0.29, 0.717) is 25.7 Å². The van der Waals surface area contributed by atoms with Crippen molar-refractivity contribution in [2.75, 3.05) is 85.1 Å². The van der Waals surface area contributed by atoms with Gasteiger partial charge in [0.25, 0.3) is 0 Å². The highest BCUT2D eigenvalue weighted by molar-refractivity contribution is 6.02. The van der Waals surface area contributed by atoms with Crippen LogP contribution in [0.3, 0.4) is 0 Å². The molecule has 0 spiro atoms. The van der Waals surface area contributed by atoms with Crippen LogP contribution in [0.5, 0.6) is 0 Å². The van der Waals surface area contributed by atoms with Gasteiger partial charge in [-0.1, -0.05) is 34.1 Å². The molecular weight excluding hydrogens is 1890 g/mol. The highest BCUT2D eigenvalue weighted by atomic mass is 16.4. The summed E-state index contributed by atoms with van der Waals surface area (Å²) < 4.78 is 0. The fraction of sp³-hybridized carbons (Fsp3) is 0.727. The third kappa shape index (κ3) is 41.5. The van der Waals surface area contributed by atoms with E-state index in [2.05, 4.69) is 95.7 Å². The van der Waals surface area contributed by atoms with Crippen LogP contribution in [-0.4, -0.2) is 354 Å². The maximum absolute atomic E-state index is 15.2. The molecule has 5 fully saturated rings. The molecule has 0 aliphatic carbocycles. The van der Waals surface area contributed by atoms with E-state index in [1.165, 1.54) is 31.4 Å². The Bertz CT molecular complexity index is 4490. The highest BCUT2D eigenvalue weighted by Crippen LogP contribution is 2.28. The van der Waals surface area contributed by atoms with E-state index in [9.17, 15) is 62.6 Å². The molecule has 5 saturated heterocycles. The van der Waals surface area contributed by atoms with E-state index in [1.807, 2.05) is 0 Å². The minimum Gasteiger partial charge on any atom is -0.480 e. The number of likely N-dealkylation sites (tertiary alicyclic amines) is 5. The van der Waals surface area contributed by atoms with Crippen LogP contribution in [0.4, 0.5) is 0 Å². The normalized spacial score (nSPS) is 18.8. The lowest BCUT2D eigenvalue weighted by atomic mass is 9.96. The maximum atomic E-state index is 15.2. The van der Waals surface area contributed by atoms with Crippen LogP contribution in [0.1, 0.15) is 214 Å². The van der Waals surface area contributed by atoms with Gasteiger partial charge < -0.3 is 177 Å². The number of carboxylic acid groups (broad SMARTS) is 1. The first-order valence-electron chi connectivity index (χ1n) is 49.8.